The van der Waals surface area contributed by atoms with Crippen molar-refractivity contribution in [2.75, 3.05) is 0 Å². The lowest BCUT2D eigenvalue weighted by Gasteiger charge is -1.92. The smallest absolute Gasteiger partial charge is 0.141 e. The highest BCUT2D eigenvalue weighted by Crippen LogP contribution is 2.18. The van der Waals surface area contributed by atoms with E-state index in [0.29, 0.717) is 8.17 Å². The molecule has 1 aromatic rings. The topological polar surface area (TPSA) is 12.9 Å². The summed E-state index contributed by atoms with van der Waals surface area (Å²) in [5, 5.41) is 0. The minimum atomic E-state index is -0.269. The lowest BCUT2D eigenvalue weighted by atomic mass is 10.5. The van der Waals surface area contributed by atoms with Gasteiger partial charge in [-0.25, -0.2) is 9.37 Å². The molecule has 0 saturated carbocycles. The zero-order chi connectivity index (χ0) is 6.85. The van der Waals surface area contributed by atoms with Crippen molar-refractivity contribution in [1.29, 1.82) is 0 Å². The highest BCUT2D eigenvalue weighted by molar-refractivity contribution is 14.1. The van der Waals surface area contributed by atoms with Crippen LogP contribution < -0.4 is 0 Å². The van der Waals surface area contributed by atoms with E-state index in [0.717, 1.165) is 0 Å². The van der Waals surface area contributed by atoms with E-state index >= 15 is 0 Å². The molecule has 0 saturated heterocycles. The maximum atomic E-state index is 12.5. The molecule has 0 N–H and O–H groups in total. The van der Waals surface area contributed by atoms with E-state index < -0.39 is 0 Å². The summed E-state index contributed by atoms with van der Waals surface area (Å²) >= 11 is 4.99. The fourth-order valence-corrected chi connectivity index (χ4v) is 1.05. The quantitative estimate of drug-likeness (QED) is 0.530. The number of nitrogens with zero attached hydrogens (tertiary/aromatic N) is 1. The van der Waals surface area contributed by atoms with Crippen LogP contribution >= 0.6 is 38.5 Å². The fraction of sp³-hybridized carbons (Fsp3) is 0. The van der Waals surface area contributed by atoms with Crippen molar-refractivity contribution in [1.82, 2.24) is 4.98 Å². The van der Waals surface area contributed by atoms with E-state index in [1.165, 1.54) is 12.3 Å². The zero-order valence-electron chi connectivity index (χ0n) is 4.24. The second-order valence-corrected chi connectivity index (χ2v) is 3.21. The number of hydrogen-bond acceptors (Lipinski definition) is 1. The molecule has 0 spiro atoms. The van der Waals surface area contributed by atoms with Crippen LogP contribution in [0.25, 0.3) is 0 Å². The monoisotopic (exact) mass is 301 g/mol. The zero-order valence-corrected chi connectivity index (χ0v) is 7.98. The summed E-state index contributed by atoms with van der Waals surface area (Å²) in [5.41, 5.74) is 0. The van der Waals surface area contributed by atoms with Gasteiger partial charge in [0.2, 0.25) is 0 Å². The van der Waals surface area contributed by atoms with E-state index in [-0.39, 0.29) is 5.82 Å². The van der Waals surface area contributed by atoms with Crippen molar-refractivity contribution in [2.24, 2.45) is 0 Å². The van der Waals surface area contributed by atoms with Crippen molar-refractivity contribution in [3.63, 3.8) is 0 Å². The van der Waals surface area contributed by atoms with Crippen molar-refractivity contribution in [2.45, 2.75) is 0 Å². The van der Waals surface area contributed by atoms with E-state index in [1.54, 1.807) is 0 Å². The molecule has 0 unspecified atom stereocenters. The van der Waals surface area contributed by atoms with Crippen LogP contribution in [0.15, 0.2) is 16.7 Å². The first-order valence-corrected chi connectivity index (χ1v) is 4.04. The minimum absolute atomic E-state index is 0.269. The predicted octanol–water partition coefficient (Wildman–Crippen LogP) is 2.59. The number of rotatable bonds is 0. The van der Waals surface area contributed by atoms with Gasteiger partial charge in [-0.1, -0.05) is 0 Å². The minimum Gasteiger partial charge on any atom is -0.249 e. The van der Waals surface area contributed by atoms with Gasteiger partial charge in [-0.3, -0.25) is 0 Å². The van der Waals surface area contributed by atoms with Crippen molar-refractivity contribution in [3.05, 3.63) is 26.3 Å². The molecule has 0 radical (unpaired) electrons. The second kappa shape index (κ2) is 2.92. The average molecular weight is 302 g/mol. The molecule has 0 bridgehead atoms. The second-order valence-electron chi connectivity index (χ2n) is 1.40. The molecule has 4 heteroatoms. The van der Waals surface area contributed by atoms with Crippen LogP contribution in [0.5, 0.6) is 0 Å². The lowest BCUT2D eigenvalue weighted by Crippen LogP contribution is -1.84. The van der Waals surface area contributed by atoms with Crippen LogP contribution in [-0.4, -0.2) is 4.98 Å². The number of pyridine rings is 1. The SMILES string of the molecule is Fc1ccnc(I)c1Br. The van der Waals surface area contributed by atoms with E-state index in [1.807, 2.05) is 22.6 Å². The van der Waals surface area contributed by atoms with E-state index in [2.05, 4.69) is 20.9 Å². The third-order valence-electron chi connectivity index (χ3n) is 0.800. The maximum Gasteiger partial charge on any atom is 0.141 e. The Morgan fingerprint density at radius 1 is 1.67 bits per heavy atom. The van der Waals surface area contributed by atoms with Gasteiger partial charge in [0.25, 0.3) is 0 Å². The molecule has 9 heavy (non-hydrogen) atoms. The number of hydrogen-bond donors (Lipinski definition) is 0. The summed E-state index contributed by atoms with van der Waals surface area (Å²) in [6, 6.07) is 1.31. The Kier molecular flexibility index (Phi) is 2.40. The van der Waals surface area contributed by atoms with Gasteiger partial charge >= 0.3 is 0 Å². The molecule has 48 valence electrons. The summed E-state index contributed by atoms with van der Waals surface area (Å²) in [6.07, 6.45) is 1.43. The predicted molar refractivity (Wildman–Crippen MR) is 44.6 cm³/mol. The summed E-state index contributed by atoms with van der Waals surface area (Å²) < 4.78 is 13.6. The van der Waals surface area contributed by atoms with Gasteiger partial charge in [-0.05, 0) is 44.6 Å². The molecule has 0 aliphatic carbocycles. The van der Waals surface area contributed by atoms with Crippen LogP contribution in [0.1, 0.15) is 0 Å². The molecule has 0 amide bonds. The van der Waals surface area contributed by atoms with Crippen LogP contribution in [-0.2, 0) is 0 Å². The molecule has 0 aliphatic rings. The average Bonchev–Trinajstić information content (AvgIpc) is 1.83. The van der Waals surface area contributed by atoms with E-state index in [9.17, 15) is 4.39 Å². The Bertz CT molecular complexity index is 208. The molecule has 1 rings (SSSR count). The molecule has 0 atom stereocenters. The number of halogens is 3. The Balaban J connectivity index is 3.25. The third-order valence-corrected chi connectivity index (χ3v) is 3.11. The van der Waals surface area contributed by atoms with Gasteiger partial charge in [0, 0.05) is 6.20 Å². The molecule has 0 fully saturated rings. The van der Waals surface area contributed by atoms with Gasteiger partial charge < -0.3 is 0 Å². The molecule has 1 aromatic heterocycles. The highest BCUT2D eigenvalue weighted by Gasteiger charge is 2.01. The standard InChI is InChI=1S/C5H2BrFIN/c6-4-3(7)1-2-9-5(4)8/h1-2H. The molecular weight excluding hydrogens is 300 g/mol. The Hall–Kier alpha value is 0.290. The Morgan fingerprint density at radius 3 is 2.78 bits per heavy atom. The molecule has 0 aliphatic heterocycles. The van der Waals surface area contributed by atoms with Gasteiger partial charge in [-0.15, -0.1) is 0 Å². The largest absolute Gasteiger partial charge is 0.249 e. The fourth-order valence-electron chi connectivity index (χ4n) is 0.397. The van der Waals surface area contributed by atoms with Crippen molar-refractivity contribution in [3.8, 4) is 0 Å². The van der Waals surface area contributed by atoms with Gasteiger partial charge in [0.1, 0.15) is 9.52 Å². The first-order chi connectivity index (χ1) is 4.22. The third kappa shape index (κ3) is 1.61. The molecular formula is C5H2BrFIN. The first-order valence-electron chi connectivity index (χ1n) is 2.17. The summed E-state index contributed by atoms with van der Waals surface area (Å²) in [7, 11) is 0. The van der Waals surface area contributed by atoms with Gasteiger partial charge in [-0.2, -0.15) is 0 Å². The molecule has 1 heterocycles. The van der Waals surface area contributed by atoms with Crippen molar-refractivity contribution < 1.29 is 4.39 Å². The normalized spacial score (nSPS) is 9.67. The first kappa shape index (κ1) is 7.40. The maximum absolute atomic E-state index is 12.5. The number of aromatic nitrogens is 1. The summed E-state index contributed by atoms with van der Waals surface area (Å²) in [4.78, 5) is 3.84. The van der Waals surface area contributed by atoms with Crippen LogP contribution in [0, 0.1) is 9.52 Å². The van der Waals surface area contributed by atoms with Gasteiger partial charge in [0.05, 0.1) is 4.47 Å². The van der Waals surface area contributed by atoms with Crippen molar-refractivity contribution >= 4 is 38.5 Å². The van der Waals surface area contributed by atoms with Crippen LogP contribution in [0.4, 0.5) is 4.39 Å². The van der Waals surface area contributed by atoms with E-state index in [4.69, 9.17) is 0 Å². The lowest BCUT2D eigenvalue weighted by molar-refractivity contribution is 0.616. The molecule has 1 nitrogen and oxygen atoms in total. The van der Waals surface area contributed by atoms with Crippen LogP contribution in [0.3, 0.4) is 0 Å². The van der Waals surface area contributed by atoms with Crippen LogP contribution in [0.2, 0.25) is 0 Å². The summed E-state index contributed by atoms with van der Waals surface area (Å²) in [6.45, 7) is 0. The highest BCUT2D eigenvalue weighted by atomic mass is 127. The Labute approximate surface area is 73.9 Å². The summed E-state index contributed by atoms with van der Waals surface area (Å²) in [5.74, 6) is -0.269. The van der Waals surface area contributed by atoms with Gasteiger partial charge in [0.15, 0.2) is 0 Å². The molecule has 0 aromatic carbocycles. The Morgan fingerprint density at radius 2 is 2.33 bits per heavy atom.